The minimum atomic E-state index is -4.65. The maximum absolute atomic E-state index is 14.6. The first-order chi connectivity index (χ1) is 24.0. The molecule has 2 aliphatic carbocycles. The number of halogens is 3. The Morgan fingerprint density at radius 1 is 0.725 bits per heavy atom. The van der Waals surface area contributed by atoms with E-state index < -0.39 is 59.0 Å². The lowest BCUT2D eigenvalue weighted by Crippen LogP contribution is -2.72. The zero-order valence-electron chi connectivity index (χ0n) is 31.4. The van der Waals surface area contributed by atoms with Crippen molar-refractivity contribution in [2.24, 2.45) is 41.4 Å². The van der Waals surface area contributed by atoms with Crippen LogP contribution in [-0.2, 0) is 43.2 Å². The molecule has 13 heteroatoms. The van der Waals surface area contributed by atoms with Crippen LogP contribution in [0.15, 0.2) is 11.3 Å². The average Bonchev–Trinajstić information content (AvgIpc) is 3.44. The third-order valence-electron chi connectivity index (χ3n) is 14.5. The molecule has 10 nitrogen and oxygen atoms in total. The van der Waals surface area contributed by atoms with Gasteiger partial charge in [0.15, 0.2) is 23.3 Å². The molecule has 10 aliphatic rings. The van der Waals surface area contributed by atoms with Gasteiger partial charge in [0.1, 0.15) is 0 Å². The molecule has 4 bridgehead atoms. The second kappa shape index (κ2) is 12.8. The molecular weight excluding hydrogens is 671 g/mol. The van der Waals surface area contributed by atoms with Crippen LogP contribution in [0.3, 0.4) is 0 Å². The van der Waals surface area contributed by atoms with Crippen LogP contribution in [0.1, 0.15) is 112 Å². The van der Waals surface area contributed by atoms with E-state index in [0.717, 1.165) is 57.8 Å². The van der Waals surface area contributed by atoms with E-state index in [0.29, 0.717) is 37.8 Å². The number of fused-ring (bicyclic) bond motifs is 4. The van der Waals surface area contributed by atoms with Gasteiger partial charge in [-0.3, -0.25) is 0 Å². The standard InChI is InChI=1S/C38H58F3NO9/c1-22-11-13-28-24(3)35(6,47-32-36(28)26(22)15-18-34(5,46-32)49-50-36)43-20-10-8-9-19-42(7)21-25-29-14-12-23(2)27-16-17-33(4)45-31(37(27,29)51-48-33)44-30(25)38(39,40)41/h22-24,26-29,31-32H,8-21H2,1-7H3/t22-,23-,24-,26+,27+,28+,29+,31-,32+,33-,34+,35+,36-,37-/m1/s1. The van der Waals surface area contributed by atoms with Crippen molar-refractivity contribution >= 4 is 0 Å². The van der Waals surface area contributed by atoms with Gasteiger partial charge in [0.25, 0.3) is 0 Å². The Balaban J connectivity index is 0.889. The van der Waals surface area contributed by atoms with Crippen molar-refractivity contribution in [2.75, 3.05) is 26.7 Å². The number of likely N-dealkylation sites (N-methyl/N-ethyl adjacent to an activating group) is 1. The summed E-state index contributed by atoms with van der Waals surface area (Å²) in [6.45, 7) is 13.6. The van der Waals surface area contributed by atoms with Gasteiger partial charge >= 0.3 is 6.18 Å². The Kier molecular flexibility index (Phi) is 9.24. The maximum atomic E-state index is 14.6. The quantitative estimate of drug-likeness (QED) is 0.173. The number of hydrogen-bond acceptors (Lipinski definition) is 10. The average molecular weight is 730 g/mol. The summed E-state index contributed by atoms with van der Waals surface area (Å²) in [5, 5.41) is 0. The molecule has 2 spiro atoms. The molecule has 0 amide bonds. The number of ether oxygens (including phenoxy) is 5. The molecule has 0 unspecified atom stereocenters. The van der Waals surface area contributed by atoms with Gasteiger partial charge in [0.2, 0.25) is 23.6 Å². The van der Waals surface area contributed by atoms with Crippen molar-refractivity contribution < 1.29 is 56.4 Å². The van der Waals surface area contributed by atoms with Gasteiger partial charge in [-0.15, -0.1) is 0 Å². The number of rotatable bonds is 9. The molecule has 51 heavy (non-hydrogen) atoms. The van der Waals surface area contributed by atoms with E-state index >= 15 is 0 Å². The highest BCUT2D eigenvalue weighted by molar-refractivity contribution is 5.29. The van der Waals surface area contributed by atoms with Crippen LogP contribution in [-0.4, -0.2) is 79.0 Å². The van der Waals surface area contributed by atoms with Gasteiger partial charge in [-0.05, 0) is 115 Å². The first-order valence-corrected chi connectivity index (χ1v) is 19.6. The second-order valence-electron chi connectivity index (χ2n) is 17.8. The Morgan fingerprint density at radius 3 is 2.04 bits per heavy atom. The predicted octanol–water partition coefficient (Wildman–Crippen LogP) is 7.77. The summed E-state index contributed by atoms with van der Waals surface area (Å²) in [5.41, 5.74) is -1.49. The molecule has 0 aromatic rings. The summed E-state index contributed by atoms with van der Waals surface area (Å²) < 4.78 is 75.6. The van der Waals surface area contributed by atoms with Gasteiger partial charge in [0, 0.05) is 43.1 Å². The molecule has 0 radical (unpaired) electrons. The first-order valence-electron chi connectivity index (χ1n) is 19.6. The summed E-state index contributed by atoms with van der Waals surface area (Å²) in [6.07, 6.45) is 2.62. The second-order valence-corrected chi connectivity index (χ2v) is 17.8. The van der Waals surface area contributed by atoms with Gasteiger partial charge < -0.3 is 28.6 Å². The van der Waals surface area contributed by atoms with E-state index in [-0.39, 0.29) is 35.8 Å². The van der Waals surface area contributed by atoms with Crippen LogP contribution in [0, 0.1) is 41.4 Å². The van der Waals surface area contributed by atoms with E-state index in [1.807, 2.05) is 25.8 Å². The van der Waals surface area contributed by atoms with E-state index in [2.05, 4.69) is 20.8 Å². The minimum Gasteiger partial charge on any atom is -0.456 e. The molecule has 290 valence electrons. The van der Waals surface area contributed by atoms with Crippen molar-refractivity contribution in [1.29, 1.82) is 0 Å². The number of alkyl halides is 3. The lowest BCUT2D eigenvalue weighted by Gasteiger charge is -2.62. The Hall–Kier alpha value is -1.03. The van der Waals surface area contributed by atoms with E-state index in [9.17, 15) is 13.2 Å². The fraction of sp³-hybridized carbons (Fsp3) is 0.947. The lowest BCUT2D eigenvalue weighted by molar-refractivity contribution is -0.585. The van der Waals surface area contributed by atoms with Crippen molar-refractivity contribution in [3.05, 3.63) is 11.3 Å². The number of allylic oxidation sites excluding steroid dienone is 1. The van der Waals surface area contributed by atoms with E-state index in [1.165, 1.54) is 0 Å². The monoisotopic (exact) mass is 729 g/mol. The molecule has 0 aromatic heterocycles. The van der Waals surface area contributed by atoms with Crippen molar-refractivity contribution in [3.63, 3.8) is 0 Å². The number of unbranched alkanes of at least 4 members (excludes halogenated alkanes) is 2. The van der Waals surface area contributed by atoms with E-state index in [4.69, 9.17) is 43.2 Å². The Bertz CT molecular complexity index is 1370. The highest BCUT2D eigenvalue weighted by Crippen LogP contribution is 2.63. The zero-order chi connectivity index (χ0) is 36.2. The lowest BCUT2D eigenvalue weighted by atomic mass is 9.57. The molecule has 7 saturated heterocycles. The summed E-state index contributed by atoms with van der Waals surface area (Å²) in [4.78, 5) is 26.1. The summed E-state index contributed by atoms with van der Waals surface area (Å²) in [6, 6.07) is 0. The third kappa shape index (κ3) is 5.84. The molecule has 9 fully saturated rings. The smallest absolute Gasteiger partial charge is 0.449 e. The fourth-order valence-corrected chi connectivity index (χ4v) is 11.5. The van der Waals surface area contributed by atoms with Crippen LogP contribution in [0.2, 0.25) is 0 Å². The van der Waals surface area contributed by atoms with Crippen LogP contribution < -0.4 is 0 Å². The molecule has 8 heterocycles. The number of nitrogens with zero attached hydrogens (tertiary/aromatic N) is 1. The topological polar surface area (TPSA) is 86.3 Å². The molecule has 8 aliphatic heterocycles. The van der Waals surface area contributed by atoms with Gasteiger partial charge in [-0.2, -0.15) is 13.2 Å². The van der Waals surface area contributed by atoms with E-state index in [1.54, 1.807) is 6.92 Å². The largest absolute Gasteiger partial charge is 0.456 e. The van der Waals surface area contributed by atoms with Crippen molar-refractivity contribution in [1.82, 2.24) is 4.90 Å². The van der Waals surface area contributed by atoms with Crippen LogP contribution >= 0.6 is 0 Å². The SMILES string of the molecule is C[C@@H]1CC[C@H]2[C@@H](C)[C@@](C)(OCCCCCN(C)CC3=C(C(F)(F)F)O[C@@H]4O[C@@]5(C)CC[C@H]6[C@H](C)CC[C@@H]3[C@@]46OO5)O[C@@H]3O[C@]4(C)CC[C@@H]1[C@]32OO4. The first kappa shape index (κ1) is 36.9. The molecule has 10 rings (SSSR count). The molecular formula is C38H58F3NO9. The predicted molar refractivity (Wildman–Crippen MR) is 176 cm³/mol. The van der Waals surface area contributed by atoms with Crippen LogP contribution in [0.4, 0.5) is 13.2 Å². The maximum Gasteiger partial charge on any atom is 0.449 e. The summed E-state index contributed by atoms with van der Waals surface area (Å²) >= 11 is 0. The normalized spacial score (nSPS) is 50.4. The van der Waals surface area contributed by atoms with Crippen LogP contribution in [0.5, 0.6) is 0 Å². The Morgan fingerprint density at radius 2 is 1.35 bits per heavy atom. The van der Waals surface area contributed by atoms with Crippen molar-refractivity contribution in [3.8, 4) is 0 Å². The van der Waals surface area contributed by atoms with Crippen LogP contribution in [0.25, 0.3) is 0 Å². The zero-order valence-corrected chi connectivity index (χ0v) is 31.4. The van der Waals surface area contributed by atoms with Gasteiger partial charge in [-0.1, -0.05) is 20.8 Å². The summed E-state index contributed by atoms with van der Waals surface area (Å²) in [5.74, 6) is -3.01. The highest BCUT2D eigenvalue weighted by atomic mass is 19.4. The molecule has 0 aromatic carbocycles. The van der Waals surface area contributed by atoms with Gasteiger partial charge in [-0.25, -0.2) is 19.6 Å². The highest BCUT2D eigenvalue weighted by Gasteiger charge is 2.72. The Labute approximate surface area is 300 Å². The molecule has 0 N–H and O–H groups in total. The minimum absolute atomic E-state index is 0.0276. The van der Waals surface area contributed by atoms with Gasteiger partial charge in [0.05, 0.1) is 6.61 Å². The fourth-order valence-electron chi connectivity index (χ4n) is 11.5. The van der Waals surface area contributed by atoms with Crippen molar-refractivity contribution in [2.45, 2.75) is 159 Å². The third-order valence-corrected chi connectivity index (χ3v) is 14.5. The number of hydrogen-bond donors (Lipinski definition) is 0. The molecule has 2 saturated carbocycles. The summed E-state index contributed by atoms with van der Waals surface area (Å²) in [7, 11) is 1.88. The molecule has 14 atom stereocenters.